The van der Waals surface area contributed by atoms with Gasteiger partial charge in [0.1, 0.15) is 0 Å². The van der Waals surface area contributed by atoms with Crippen molar-refractivity contribution in [2.24, 2.45) is 0 Å². The van der Waals surface area contributed by atoms with Crippen LogP contribution in [0.3, 0.4) is 0 Å². The van der Waals surface area contributed by atoms with Crippen LogP contribution in [-0.2, 0) is 6.61 Å². The highest BCUT2D eigenvalue weighted by atomic mass is 16.3. The van der Waals surface area contributed by atoms with E-state index in [-0.39, 0.29) is 6.61 Å². The smallest absolute Gasteiger partial charge is 0.0944 e. The van der Waals surface area contributed by atoms with Gasteiger partial charge in [0.15, 0.2) is 0 Å². The lowest BCUT2D eigenvalue weighted by molar-refractivity contribution is 0.282. The third-order valence-electron chi connectivity index (χ3n) is 1.69. The van der Waals surface area contributed by atoms with Gasteiger partial charge in [0.05, 0.1) is 12.7 Å². The first kappa shape index (κ1) is 9.50. The molecule has 0 fully saturated rings. The Morgan fingerprint density at radius 1 is 1.62 bits per heavy atom. The normalized spacial score (nSPS) is 11.0. The quantitative estimate of drug-likeness (QED) is 0.696. The molecule has 0 aromatic heterocycles. The van der Waals surface area contributed by atoms with E-state index in [4.69, 9.17) is 10.4 Å². The van der Waals surface area contributed by atoms with Crippen molar-refractivity contribution in [1.29, 1.82) is 5.26 Å². The lowest BCUT2D eigenvalue weighted by atomic mass is 10.1. The highest BCUT2D eigenvalue weighted by Gasteiger charge is 1.92. The van der Waals surface area contributed by atoms with E-state index in [1.807, 2.05) is 30.3 Å². The molecule has 2 heteroatoms. The Morgan fingerprint density at radius 3 is 3.00 bits per heavy atom. The number of rotatable bonds is 2. The van der Waals surface area contributed by atoms with Crippen LogP contribution in [0.1, 0.15) is 18.1 Å². The molecule has 0 aliphatic rings. The molecule has 1 aromatic carbocycles. The van der Waals surface area contributed by atoms with Crippen LogP contribution < -0.4 is 0 Å². The number of aliphatic hydroxyl groups excluding tert-OH is 1. The SMILES string of the molecule is C/C(C#N)=C/c1cccc(CO)c1. The summed E-state index contributed by atoms with van der Waals surface area (Å²) in [6, 6.07) is 9.52. The van der Waals surface area contributed by atoms with Gasteiger partial charge >= 0.3 is 0 Å². The zero-order chi connectivity index (χ0) is 9.68. The summed E-state index contributed by atoms with van der Waals surface area (Å²) in [5.74, 6) is 0. The van der Waals surface area contributed by atoms with Crippen molar-refractivity contribution in [3.8, 4) is 6.07 Å². The minimum atomic E-state index is 0.0350. The van der Waals surface area contributed by atoms with Crippen LogP contribution in [0.4, 0.5) is 0 Å². The number of allylic oxidation sites excluding steroid dienone is 1. The van der Waals surface area contributed by atoms with Crippen molar-refractivity contribution in [1.82, 2.24) is 0 Å². The van der Waals surface area contributed by atoms with Gasteiger partial charge in [-0.25, -0.2) is 0 Å². The summed E-state index contributed by atoms with van der Waals surface area (Å²) in [5, 5.41) is 17.4. The number of hydrogen-bond acceptors (Lipinski definition) is 2. The van der Waals surface area contributed by atoms with E-state index in [1.54, 1.807) is 13.0 Å². The second-order valence-electron chi connectivity index (χ2n) is 2.84. The average molecular weight is 173 g/mol. The zero-order valence-corrected chi connectivity index (χ0v) is 7.49. The van der Waals surface area contributed by atoms with Crippen LogP contribution >= 0.6 is 0 Å². The molecular weight excluding hydrogens is 162 g/mol. The third-order valence-corrected chi connectivity index (χ3v) is 1.69. The predicted molar refractivity (Wildman–Crippen MR) is 51.6 cm³/mol. The van der Waals surface area contributed by atoms with Gasteiger partial charge in [-0.2, -0.15) is 5.26 Å². The largest absolute Gasteiger partial charge is 0.392 e. The molecule has 2 nitrogen and oxygen atoms in total. The highest BCUT2D eigenvalue weighted by Crippen LogP contribution is 2.09. The maximum absolute atomic E-state index is 8.87. The molecule has 0 saturated carbocycles. The van der Waals surface area contributed by atoms with Crippen molar-refractivity contribution >= 4 is 6.08 Å². The first-order valence-electron chi connectivity index (χ1n) is 4.04. The Hall–Kier alpha value is -1.59. The first-order chi connectivity index (χ1) is 6.26. The van der Waals surface area contributed by atoms with E-state index in [0.717, 1.165) is 11.1 Å². The Bertz CT molecular complexity index is 361. The lowest BCUT2D eigenvalue weighted by Crippen LogP contribution is -1.83. The van der Waals surface area contributed by atoms with Gasteiger partial charge in [-0.3, -0.25) is 0 Å². The summed E-state index contributed by atoms with van der Waals surface area (Å²) in [5.41, 5.74) is 2.47. The average Bonchev–Trinajstić information content (AvgIpc) is 2.18. The van der Waals surface area contributed by atoms with Crippen molar-refractivity contribution in [2.45, 2.75) is 13.5 Å². The Morgan fingerprint density at radius 2 is 2.38 bits per heavy atom. The molecule has 0 unspecified atom stereocenters. The van der Waals surface area contributed by atoms with Crippen LogP contribution in [-0.4, -0.2) is 5.11 Å². The second kappa shape index (κ2) is 4.44. The van der Waals surface area contributed by atoms with Crippen LogP contribution in [0, 0.1) is 11.3 Å². The molecule has 0 heterocycles. The van der Waals surface area contributed by atoms with Gasteiger partial charge in [-0.1, -0.05) is 18.2 Å². The third kappa shape index (κ3) is 2.73. The molecule has 0 atom stereocenters. The van der Waals surface area contributed by atoms with Crippen LogP contribution in [0.2, 0.25) is 0 Å². The molecule has 0 saturated heterocycles. The molecule has 1 aromatic rings. The summed E-state index contributed by atoms with van der Waals surface area (Å²) < 4.78 is 0. The summed E-state index contributed by atoms with van der Waals surface area (Å²) in [6.45, 7) is 1.79. The van der Waals surface area contributed by atoms with Crippen molar-refractivity contribution < 1.29 is 5.11 Å². The Kier molecular flexibility index (Phi) is 3.24. The van der Waals surface area contributed by atoms with E-state index < -0.39 is 0 Å². The standard InChI is InChI=1S/C11H11NO/c1-9(7-12)5-10-3-2-4-11(6-10)8-13/h2-6,13H,8H2,1H3/b9-5-. The van der Waals surface area contributed by atoms with E-state index >= 15 is 0 Å². The molecule has 0 aliphatic carbocycles. The maximum Gasteiger partial charge on any atom is 0.0944 e. The van der Waals surface area contributed by atoms with Crippen molar-refractivity contribution in [3.05, 3.63) is 41.0 Å². The highest BCUT2D eigenvalue weighted by molar-refractivity contribution is 5.56. The summed E-state index contributed by atoms with van der Waals surface area (Å²) in [4.78, 5) is 0. The second-order valence-corrected chi connectivity index (χ2v) is 2.84. The minimum Gasteiger partial charge on any atom is -0.392 e. The molecule has 13 heavy (non-hydrogen) atoms. The molecular formula is C11H11NO. The van der Waals surface area contributed by atoms with E-state index in [9.17, 15) is 0 Å². The molecule has 0 aliphatic heterocycles. The molecule has 0 bridgehead atoms. The minimum absolute atomic E-state index is 0.0350. The Balaban J connectivity index is 2.97. The van der Waals surface area contributed by atoms with Gasteiger partial charge in [-0.05, 0) is 30.2 Å². The van der Waals surface area contributed by atoms with Crippen LogP contribution in [0.25, 0.3) is 6.08 Å². The van der Waals surface area contributed by atoms with Gasteiger partial charge in [0.2, 0.25) is 0 Å². The van der Waals surface area contributed by atoms with Gasteiger partial charge in [0, 0.05) is 5.57 Å². The molecule has 0 amide bonds. The van der Waals surface area contributed by atoms with Gasteiger partial charge in [0.25, 0.3) is 0 Å². The maximum atomic E-state index is 8.87. The van der Waals surface area contributed by atoms with E-state index in [0.29, 0.717) is 5.57 Å². The monoisotopic (exact) mass is 173 g/mol. The van der Waals surface area contributed by atoms with Crippen molar-refractivity contribution in [2.75, 3.05) is 0 Å². The summed E-state index contributed by atoms with van der Waals surface area (Å²) >= 11 is 0. The van der Waals surface area contributed by atoms with Crippen LogP contribution in [0.15, 0.2) is 29.8 Å². The number of benzene rings is 1. The summed E-state index contributed by atoms with van der Waals surface area (Å²) in [7, 11) is 0. The Labute approximate surface area is 77.8 Å². The number of aliphatic hydroxyl groups is 1. The zero-order valence-electron chi connectivity index (χ0n) is 7.49. The molecule has 66 valence electrons. The fraction of sp³-hybridized carbons (Fsp3) is 0.182. The summed E-state index contributed by atoms with van der Waals surface area (Å²) in [6.07, 6.45) is 1.79. The van der Waals surface area contributed by atoms with E-state index in [2.05, 4.69) is 0 Å². The molecule has 1 N–H and O–H groups in total. The first-order valence-corrected chi connectivity index (χ1v) is 4.04. The van der Waals surface area contributed by atoms with Gasteiger partial charge in [-0.15, -0.1) is 0 Å². The van der Waals surface area contributed by atoms with Crippen molar-refractivity contribution in [3.63, 3.8) is 0 Å². The number of nitrogens with zero attached hydrogens (tertiary/aromatic N) is 1. The van der Waals surface area contributed by atoms with E-state index in [1.165, 1.54) is 0 Å². The predicted octanol–water partition coefficient (Wildman–Crippen LogP) is 2.11. The topological polar surface area (TPSA) is 44.0 Å². The fourth-order valence-corrected chi connectivity index (χ4v) is 1.06. The van der Waals surface area contributed by atoms with Gasteiger partial charge < -0.3 is 5.11 Å². The molecule has 0 spiro atoms. The fourth-order valence-electron chi connectivity index (χ4n) is 1.06. The van der Waals surface area contributed by atoms with Crippen LogP contribution in [0.5, 0.6) is 0 Å². The lowest BCUT2D eigenvalue weighted by Gasteiger charge is -1.97. The number of hydrogen-bond donors (Lipinski definition) is 1. The molecule has 0 radical (unpaired) electrons. The number of nitriles is 1. The molecule has 1 rings (SSSR count).